The average Bonchev–Trinajstić information content (AvgIpc) is 3.47. The molecule has 8 heterocycles. The molecule has 8 saturated heterocycles. The Morgan fingerprint density at radius 3 is 1.45 bits per heavy atom. The Morgan fingerprint density at radius 2 is 1.02 bits per heavy atom. The van der Waals surface area contributed by atoms with Crippen LogP contribution >= 0.6 is 0 Å². The van der Waals surface area contributed by atoms with Crippen LogP contribution in [0.3, 0.4) is 0 Å². The van der Waals surface area contributed by atoms with Crippen molar-refractivity contribution in [2.45, 2.75) is 173 Å². The first-order valence-corrected chi connectivity index (χ1v) is 20.1. The zero-order valence-electron chi connectivity index (χ0n) is 31.4. The van der Waals surface area contributed by atoms with Gasteiger partial charge in [-0.05, 0) is 114 Å². The Bertz CT molecular complexity index is 1220. The summed E-state index contributed by atoms with van der Waals surface area (Å²) in [5.74, 6) is -0.0501. The Kier molecular flexibility index (Phi) is 9.85. The molecule has 0 aromatic rings. The van der Waals surface area contributed by atoms with E-state index in [1.165, 1.54) is 0 Å². The summed E-state index contributed by atoms with van der Waals surface area (Å²) in [5.41, 5.74) is -1.16. The summed E-state index contributed by atoms with van der Waals surface area (Å²) < 4.78 is 37.1. The second-order valence-corrected chi connectivity index (χ2v) is 17.8. The van der Waals surface area contributed by atoms with E-state index in [1.54, 1.807) is 0 Å². The first-order valence-electron chi connectivity index (χ1n) is 20.1. The Hall–Kier alpha value is -1.38. The number of fused-ring (bicyclic) bond motifs is 4. The maximum atomic E-state index is 12.5. The number of carbonyl (C=O) groups excluding carboxylic acids is 2. The number of rotatable bonds is 10. The van der Waals surface area contributed by atoms with E-state index in [0.29, 0.717) is 36.5 Å². The van der Waals surface area contributed by atoms with Gasteiger partial charge in [0.15, 0.2) is 23.8 Å². The smallest absolute Gasteiger partial charge is 0.317 e. The van der Waals surface area contributed by atoms with E-state index in [1.807, 2.05) is 13.8 Å². The number of ether oxygens (including phenoxy) is 6. The highest BCUT2D eigenvalue weighted by Gasteiger charge is 2.70. The number of esters is 2. The number of hydrogen-bond acceptors (Lipinski definition) is 12. The van der Waals surface area contributed by atoms with Crippen LogP contribution in [0.15, 0.2) is 0 Å². The summed E-state index contributed by atoms with van der Waals surface area (Å²) in [5, 5.41) is 0. The summed E-state index contributed by atoms with van der Waals surface area (Å²) in [7, 11) is 0. The molecule has 10 rings (SSSR count). The van der Waals surface area contributed by atoms with Crippen molar-refractivity contribution < 1.29 is 57.6 Å². The summed E-state index contributed by atoms with van der Waals surface area (Å²) >= 11 is 0. The minimum atomic E-state index is -0.802. The van der Waals surface area contributed by atoms with E-state index in [0.717, 1.165) is 64.2 Å². The van der Waals surface area contributed by atoms with Gasteiger partial charge in [0.1, 0.15) is 6.42 Å². The standard InChI is InChI=1S/C39H60O12/c1-22-11-13-28-24(3)30(44-34-38(28)26(22)15-17-36(5,46-34)48-50-38)9-7-19-42-32(40)21-33(41)43-20-8-10-31-25(4)29-14-12-23(2)27-16-18-37(6)47-35(45-31)39(27,29)51-49-37/h22-31,34-35H,7-21H2,1-6H3/t22-,23-,24-,25-,26+,27+,28+,29+,30-,31-,34-,35-,36+,37+,38-,39-/m1/s1. The molecule has 51 heavy (non-hydrogen) atoms. The van der Waals surface area contributed by atoms with Gasteiger partial charge in [-0.1, -0.05) is 27.7 Å². The monoisotopic (exact) mass is 720 g/mol. The normalized spacial score (nSPS) is 51.1. The van der Waals surface area contributed by atoms with E-state index in [2.05, 4.69) is 27.7 Å². The minimum Gasteiger partial charge on any atom is -0.465 e. The molecule has 0 N–H and O–H groups in total. The summed E-state index contributed by atoms with van der Waals surface area (Å²) in [6, 6.07) is 0. The van der Waals surface area contributed by atoms with Crippen molar-refractivity contribution in [3.8, 4) is 0 Å². The van der Waals surface area contributed by atoms with Gasteiger partial charge in [-0.2, -0.15) is 0 Å². The molecule has 0 radical (unpaired) electrons. The van der Waals surface area contributed by atoms with Gasteiger partial charge in [-0.15, -0.1) is 0 Å². The van der Waals surface area contributed by atoms with Crippen LogP contribution in [0.1, 0.15) is 125 Å². The largest absolute Gasteiger partial charge is 0.465 e. The highest BCUT2D eigenvalue weighted by atomic mass is 17.3. The fourth-order valence-electron chi connectivity index (χ4n) is 11.8. The van der Waals surface area contributed by atoms with Crippen LogP contribution in [-0.2, 0) is 57.6 Å². The molecule has 12 nitrogen and oxygen atoms in total. The first-order chi connectivity index (χ1) is 24.4. The molecule has 2 saturated carbocycles. The van der Waals surface area contributed by atoms with Gasteiger partial charge in [0.2, 0.25) is 11.6 Å². The highest BCUT2D eigenvalue weighted by Crippen LogP contribution is 2.62. The molecule has 288 valence electrons. The molecule has 0 amide bonds. The fourth-order valence-corrected chi connectivity index (χ4v) is 11.8. The van der Waals surface area contributed by atoms with Crippen LogP contribution in [-0.4, -0.2) is 72.7 Å². The lowest BCUT2D eigenvalue weighted by Gasteiger charge is -2.60. The van der Waals surface area contributed by atoms with Crippen molar-refractivity contribution in [3.63, 3.8) is 0 Å². The quantitative estimate of drug-likeness (QED) is 0.106. The van der Waals surface area contributed by atoms with Gasteiger partial charge in [-0.3, -0.25) is 9.59 Å². The molecule has 10 aliphatic rings. The van der Waals surface area contributed by atoms with Crippen molar-refractivity contribution in [2.75, 3.05) is 13.2 Å². The molecule has 16 atom stereocenters. The van der Waals surface area contributed by atoms with Gasteiger partial charge in [0.05, 0.1) is 25.4 Å². The second kappa shape index (κ2) is 13.7. The van der Waals surface area contributed by atoms with Gasteiger partial charge in [-0.25, -0.2) is 19.6 Å². The fraction of sp³-hybridized carbons (Fsp3) is 0.949. The van der Waals surface area contributed by atoms with Crippen molar-refractivity contribution in [1.82, 2.24) is 0 Å². The van der Waals surface area contributed by atoms with E-state index < -0.39 is 53.7 Å². The van der Waals surface area contributed by atoms with Crippen LogP contribution in [0, 0.1) is 47.3 Å². The summed E-state index contributed by atoms with van der Waals surface area (Å²) in [6.45, 7) is 13.4. The highest BCUT2D eigenvalue weighted by molar-refractivity contribution is 5.91. The molecule has 0 aromatic heterocycles. The summed E-state index contributed by atoms with van der Waals surface area (Å²) in [4.78, 5) is 49.4. The minimum absolute atomic E-state index is 0.0485. The van der Waals surface area contributed by atoms with E-state index in [4.69, 9.17) is 48.0 Å². The van der Waals surface area contributed by atoms with E-state index in [-0.39, 0.29) is 49.1 Å². The van der Waals surface area contributed by atoms with Crippen molar-refractivity contribution in [1.29, 1.82) is 0 Å². The Balaban J connectivity index is 0.763. The molecule has 2 spiro atoms. The van der Waals surface area contributed by atoms with Crippen LogP contribution in [0.5, 0.6) is 0 Å². The van der Waals surface area contributed by atoms with E-state index in [9.17, 15) is 9.59 Å². The predicted octanol–water partition coefficient (Wildman–Crippen LogP) is 6.52. The first kappa shape index (κ1) is 36.6. The van der Waals surface area contributed by atoms with Crippen LogP contribution in [0.2, 0.25) is 0 Å². The molecular formula is C39H60O12. The zero-order chi connectivity index (χ0) is 35.8. The molecule has 0 aromatic carbocycles. The maximum Gasteiger partial charge on any atom is 0.317 e. The van der Waals surface area contributed by atoms with Crippen LogP contribution < -0.4 is 0 Å². The number of hydrogen-bond donors (Lipinski definition) is 0. The van der Waals surface area contributed by atoms with Gasteiger partial charge >= 0.3 is 11.9 Å². The second-order valence-electron chi connectivity index (χ2n) is 17.8. The Labute approximate surface area is 302 Å². The third-order valence-electron chi connectivity index (χ3n) is 14.7. The molecular weight excluding hydrogens is 660 g/mol. The topological polar surface area (TPSA) is 126 Å². The number of carbonyl (C=O) groups is 2. The molecule has 0 unspecified atom stereocenters. The molecule has 2 aliphatic carbocycles. The van der Waals surface area contributed by atoms with E-state index >= 15 is 0 Å². The van der Waals surface area contributed by atoms with Gasteiger partial charge in [0, 0.05) is 24.7 Å². The van der Waals surface area contributed by atoms with Crippen molar-refractivity contribution in [2.24, 2.45) is 47.3 Å². The lowest BCUT2D eigenvalue weighted by Crippen LogP contribution is -2.70. The van der Waals surface area contributed by atoms with Gasteiger partial charge < -0.3 is 28.4 Å². The molecule has 8 aliphatic heterocycles. The maximum absolute atomic E-state index is 12.5. The third-order valence-corrected chi connectivity index (χ3v) is 14.7. The molecule has 10 fully saturated rings. The molecule has 4 bridgehead atoms. The third kappa shape index (κ3) is 6.19. The lowest BCUT2D eigenvalue weighted by molar-refractivity contribution is -0.571. The Morgan fingerprint density at radius 1 is 0.588 bits per heavy atom. The van der Waals surface area contributed by atoms with Crippen molar-refractivity contribution >= 4 is 11.9 Å². The van der Waals surface area contributed by atoms with Crippen LogP contribution in [0.25, 0.3) is 0 Å². The molecule has 12 heteroatoms. The summed E-state index contributed by atoms with van der Waals surface area (Å²) in [6.07, 6.45) is 9.20. The predicted molar refractivity (Wildman–Crippen MR) is 179 cm³/mol. The SMILES string of the molecule is C[C@H]1[C@@H](CCCOC(=O)CC(=O)OCCC[C@H]2O[C@@H]3O[C@]4(C)CC[C@H]5[C@H](C)CC[C@@H]([C@H]2C)[C@@]35OO4)O[C@@H]2O[C@]3(C)CC[C@H]4[C@H](C)CC[C@@H]1[C@@]24OO3. The van der Waals surface area contributed by atoms with Crippen LogP contribution in [0.4, 0.5) is 0 Å². The van der Waals surface area contributed by atoms with Gasteiger partial charge in [0.25, 0.3) is 0 Å². The lowest BCUT2D eigenvalue weighted by atomic mass is 9.57. The van der Waals surface area contributed by atoms with Crippen molar-refractivity contribution in [3.05, 3.63) is 0 Å². The average molecular weight is 721 g/mol. The zero-order valence-corrected chi connectivity index (χ0v) is 31.4.